The number of nitrogens with one attached hydrogen (secondary N) is 1. The van der Waals surface area contributed by atoms with Crippen LogP contribution in [0.4, 0.5) is 0 Å². The number of halogens is 2. The summed E-state index contributed by atoms with van der Waals surface area (Å²) in [5.41, 5.74) is 0.392. The molecule has 0 aromatic heterocycles. The maximum Gasteiger partial charge on any atom is 0.304 e. The lowest BCUT2D eigenvalue weighted by Gasteiger charge is -2.34. The molecule has 1 aromatic carbocycles. The molecule has 2 saturated heterocycles. The number of piperazine rings is 1. The Morgan fingerprint density at radius 1 is 1.36 bits per heavy atom. The van der Waals surface area contributed by atoms with E-state index in [0.717, 1.165) is 4.31 Å². The summed E-state index contributed by atoms with van der Waals surface area (Å²) in [5.74, 6) is -0.891. The Morgan fingerprint density at radius 2 is 2.09 bits per heavy atom. The molecule has 1 unspecified atom stereocenters. The quantitative estimate of drug-likeness (QED) is 0.737. The molecule has 1 N–H and O–H groups in total. The van der Waals surface area contributed by atoms with Crippen LogP contribution in [-0.4, -0.2) is 55.1 Å². The molecule has 118 valence electrons. The third kappa shape index (κ3) is 2.62. The molecule has 1 atom stereocenters. The Balaban J connectivity index is 1.81. The second-order valence-electron chi connectivity index (χ2n) is 4.98. The average molecular weight is 409 g/mol. The van der Waals surface area contributed by atoms with Crippen molar-refractivity contribution in [2.45, 2.75) is 6.04 Å². The highest BCUT2D eigenvalue weighted by Gasteiger charge is 2.47. The molecule has 0 aliphatic carbocycles. The fourth-order valence-electron chi connectivity index (χ4n) is 2.52. The van der Waals surface area contributed by atoms with Crippen molar-refractivity contribution in [2.75, 3.05) is 19.6 Å². The van der Waals surface area contributed by atoms with Crippen LogP contribution in [0, 0.1) is 0 Å². The maximum absolute atomic E-state index is 12.5. The summed E-state index contributed by atoms with van der Waals surface area (Å²) in [6.07, 6.45) is 0. The van der Waals surface area contributed by atoms with Crippen LogP contribution >= 0.6 is 27.5 Å². The van der Waals surface area contributed by atoms with Crippen molar-refractivity contribution in [3.63, 3.8) is 0 Å². The molecular weight excluding hydrogens is 398 g/mol. The topological polar surface area (TPSA) is 86.8 Å². The van der Waals surface area contributed by atoms with Crippen molar-refractivity contribution in [3.05, 3.63) is 33.3 Å². The van der Waals surface area contributed by atoms with Crippen LogP contribution in [-0.2, 0) is 15.0 Å². The highest BCUT2D eigenvalue weighted by atomic mass is 79.9. The van der Waals surface area contributed by atoms with Crippen LogP contribution in [0.5, 0.6) is 0 Å². The zero-order chi connectivity index (χ0) is 16.1. The van der Waals surface area contributed by atoms with E-state index in [2.05, 4.69) is 15.9 Å². The van der Waals surface area contributed by atoms with E-state index in [4.69, 9.17) is 11.6 Å². The van der Waals surface area contributed by atoms with Gasteiger partial charge in [-0.15, -0.1) is 0 Å². The molecule has 1 aromatic rings. The van der Waals surface area contributed by atoms with E-state index >= 15 is 0 Å². The van der Waals surface area contributed by atoms with E-state index in [1.54, 1.807) is 12.1 Å². The summed E-state index contributed by atoms with van der Waals surface area (Å²) in [7, 11) is -3.75. The van der Waals surface area contributed by atoms with Crippen LogP contribution in [0.2, 0.25) is 5.02 Å². The molecule has 7 nitrogen and oxygen atoms in total. The Hall–Kier alpha value is -1.16. The molecule has 0 spiro atoms. The van der Waals surface area contributed by atoms with E-state index < -0.39 is 22.2 Å². The molecule has 2 fully saturated rings. The molecule has 2 aliphatic rings. The highest BCUT2D eigenvalue weighted by molar-refractivity contribution is 9.10. The van der Waals surface area contributed by atoms with Crippen molar-refractivity contribution in [1.82, 2.24) is 13.9 Å². The first kappa shape index (κ1) is 15.7. The largest absolute Gasteiger partial charge is 0.335 e. The van der Waals surface area contributed by atoms with Gasteiger partial charge in [0, 0.05) is 29.7 Å². The van der Waals surface area contributed by atoms with E-state index in [-0.39, 0.29) is 25.5 Å². The SMILES string of the molecule is O=C1NS(=O)(=O)N2CCN(C(=O)c3ccc(Br)c(Cl)c3)CC12. The zero-order valence-electron chi connectivity index (χ0n) is 11.1. The van der Waals surface area contributed by atoms with Gasteiger partial charge in [-0.2, -0.15) is 12.7 Å². The highest BCUT2D eigenvalue weighted by Crippen LogP contribution is 2.25. The van der Waals surface area contributed by atoms with Crippen molar-refractivity contribution in [1.29, 1.82) is 0 Å². The van der Waals surface area contributed by atoms with E-state index in [1.165, 1.54) is 11.0 Å². The summed E-state index contributed by atoms with van der Waals surface area (Å²) < 4.78 is 27.1. The number of carbonyl (C=O) groups is 2. The second-order valence-corrected chi connectivity index (χ2v) is 7.86. The van der Waals surface area contributed by atoms with Crippen LogP contribution in [0.25, 0.3) is 0 Å². The summed E-state index contributed by atoms with van der Waals surface area (Å²) in [5, 5.41) is 0.408. The molecule has 0 radical (unpaired) electrons. The summed E-state index contributed by atoms with van der Waals surface area (Å²) in [6, 6.07) is 3.95. The molecule has 22 heavy (non-hydrogen) atoms. The third-order valence-corrected chi connectivity index (χ3v) is 6.37. The first-order valence-corrected chi connectivity index (χ1v) is 8.98. The number of nitrogens with zero attached hydrogens (tertiary/aromatic N) is 2. The van der Waals surface area contributed by atoms with Gasteiger partial charge in [-0.05, 0) is 34.1 Å². The average Bonchev–Trinajstić information content (AvgIpc) is 2.70. The van der Waals surface area contributed by atoms with Gasteiger partial charge in [-0.25, -0.2) is 4.72 Å². The molecule has 0 saturated carbocycles. The van der Waals surface area contributed by atoms with Crippen molar-refractivity contribution in [2.24, 2.45) is 0 Å². The van der Waals surface area contributed by atoms with Crippen molar-refractivity contribution < 1.29 is 18.0 Å². The zero-order valence-corrected chi connectivity index (χ0v) is 14.3. The van der Waals surface area contributed by atoms with Gasteiger partial charge in [0.25, 0.3) is 11.8 Å². The second kappa shape index (κ2) is 5.48. The number of carbonyl (C=O) groups excluding carboxylic acids is 2. The standard InChI is InChI=1S/C12H11BrClN3O4S/c13-8-2-1-7(5-9(8)14)12(19)16-3-4-17-10(6-16)11(18)15-22(17,20)21/h1-2,5,10H,3-4,6H2,(H,15,18). The lowest BCUT2D eigenvalue weighted by atomic mass is 10.1. The van der Waals surface area contributed by atoms with Crippen LogP contribution in [0.1, 0.15) is 10.4 Å². The minimum absolute atomic E-state index is 0.0254. The summed E-state index contributed by atoms with van der Waals surface area (Å²) >= 11 is 9.23. The lowest BCUT2D eigenvalue weighted by molar-refractivity contribution is -0.122. The summed E-state index contributed by atoms with van der Waals surface area (Å²) in [6.45, 7) is 0.330. The Bertz CT molecular complexity index is 770. The third-order valence-electron chi connectivity index (χ3n) is 3.63. The summed E-state index contributed by atoms with van der Waals surface area (Å²) in [4.78, 5) is 25.7. The molecule has 2 amide bonds. The Morgan fingerprint density at radius 3 is 2.77 bits per heavy atom. The molecule has 2 heterocycles. The smallest absolute Gasteiger partial charge is 0.304 e. The Labute approximate surface area is 140 Å². The lowest BCUT2D eigenvalue weighted by Crippen LogP contribution is -2.54. The minimum atomic E-state index is -3.75. The first-order valence-electron chi connectivity index (χ1n) is 6.37. The molecule has 3 rings (SSSR count). The van der Waals surface area contributed by atoms with Crippen molar-refractivity contribution >= 4 is 49.6 Å². The predicted octanol–water partition coefficient (Wildman–Crippen LogP) is 0.604. The fraction of sp³-hybridized carbons (Fsp3) is 0.333. The van der Waals surface area contributed by atoms with Crippen LogP contribution in [0.3, 0.4) is 0 Å². The number of amides is 2. The van der Waals surface area contributed by atoms with E-state index in [0.29, 0.717) is 15.1 Å². The van der Waals surface area contributed by atoms with Gasteiger partial charge in [-0.3, -0.25) is 9.59 Å². The number of fused-ring (bicyclic) bond motifs is 1. The van der Waals surface area contributed by atoms with Gasteiger partial charge in [0.1, 0.15) is 6.04 Å². The van der Waals surface area contributed by atoms with Gasteiger partial charge in [0.2, 0.25) is 0 Å². The normalized spacial score (nSPS) is 24.0. The number of hydrogen-bond acceptors (Lipinski definition) is 4. The monoisotopic (exact) mass is 407 g/mol. The van der Waals surface area contributed by atoms with Gasteiger partial charge in [0.05, 0.1) is 5.02 Å². The Kier molecular flexibility index (Phi) is 3.92. The molecular formula is C12H11BrClN3O4S. The van der Waals surface area contributed by atoms with Gasteiger partial charge in [0.15, 0.2) is 0 Å². The predicted molar refractivity (Wildman–Crippen MR) is 82.6 cm³/mol. The van der Waals surface area contributed by atoms with Gasteiger partial charge >= 0.3 is 10.2 Å². The first-order chi connectivity index (χ1) is 10.3. The molecule has 0 bridgehead atoms. The van der Waals surface area contributed by atoms with Crippen LogP contribution in [0.15, 0.2) is 22.7 Å². The number of hydrogen-bond donors (Lipinski definition) is 1. The van der Waals surface area contributed by atoms with Gasteiger partial charge < -0.3 is 4.90 Å². The molecule has 10 heteroatoms. The number of rotatable bonds is 1. The van der Waals surface area contributed by atoms with Crippen molar-refractivity contribution in [3.8, 4) is 0 Å². The van der Waals surface area contributed by atoms with Gasteiger partial charge in [-0.1, -0.05) is 11.6 Å². The van der Waals surface area contributed by atoms with E-state index in [9.17, 15) is 18.0 Å². The minimum Gasteiger partial charge on any atom is -0.335 e. The van der Waals surface area contributed by atoms with Crippen LogP contribution < -0.4 is 4.72 Å². The fourth-order valence-corrected chi connectivity index (χ4v) is 4.27. The number of benzene rings is 1. The maximum atomic E-state index is 12.5. The molecule has 2 aliphatic heterocycles. The van der Waals surface area contributed by atoms with E-state index in [1.807, 2.05) is 4.72 Å².